The quantitative estimate of drug-likeness (QED) is 0.796. The molecule has 2 aromatic carbocycles. The molecule has 1 aliphatic heterocycles. The Balaban J connectivity index is 1.63. The van der Waals surface area contributed by atoms with E-state index in [1.807, 2.05) is 60.7 Å². The Labute approximate surface area is 130 Å². The van der Waals surface area contributed by atoms with Gasteiger partial charge in [-0.25, -0.2) is 0 Å². The van der Waals surface area contributed by atoms with Crippen LogP contribution in [0.1, 0.15) is 11.1 Å². The zero-order valence-corrected chi connectivity index (χ0v) is 12.3. The van der Waals surface area contributed by atoms with Crippen molar-refractivity contribution in [3.05, 3.63) is 71.8 Å². The van der Waals surface area contributed by atoms with Gasteiger partial charge in [0.1, 0.15) is 6.23 Å². The van der Waals surface area contributed by atoms with E-state index in [1.165, 1.54) is 0 Å². The van der Waals surface area contributed by atoms with Crippen LogP contribution in [-0.2, 0) is 17.6 Å². The summed E-state index contributed by atoms with van der Waals surface area (Å²) in [7, 11) is 0. The first-order chi connectivity index (χ1) is 10.7. The first-order valence-electron chi connectivity index (χ1n) is 7.55. The number of carbonyl (C=O) groups excluding carboxylic acids is 1. The number of hydrogen-bond donors (Lipinski definition) is 3. The highest BCUT2D eigenvalue weighted by Crippen LogP contribution is 2.12. The Hall–Kier alpha value is -2.17. The SMILES string of the molecule is O=C1N[C@@H](Cc2ccccc2)C(O)N[C@H]1Cc1ccccc1. The summed E-state index contributed by atoms with van der Waals surface area (Å²) in [5.41, 5.74) is 2.17. The van der Waals surface area contributed by atoms with Gasteiger partial charge in [-0.1, -0.05) is 60.7 Å². The molecule has 0 radical (unpaired) electrons. The summed E-state index contributed by atoms with van der Waals surface area (Å²) < 4.78 is 0. The summed E-state index contributed by atoms with van der Waals surface area (Å²) in [5, 5.41) is 16.2. The summed E-state index contributed by atoms with van der Waals surface area (Å²) in [4.78, 5) is 12.3. The van der Waals surface area contributed by atoms with Gasteiger partial charge in [0.2, 0.25) is 5.91 Å². The van der Waals surface area contributed by atoms with Crippen LogP contribution in [0, 0.1) is 0 Å². The second-order valence-electron chi connectivity index (χ2n) is 5.66. The van der Waals surface area contributed by atoms with E-state index in [0.29, 0.717) is 12.8 Å². The Morgan fingerprint density at radius 2 is 1.41 bits per heavy atom. The molecule has 0 aromatic heterocycles. The van der Waals surface area contributed by atoms with Crippen LogP contribution >= 0.6 is 0 Å². The molecular formula is C18H20N2O2. The highest BCUT2D eigenvalue weighted by molar-refractivity contribution is 5.83. The molecule has 3 N–H and O–H groups in total. The number of aliphatic hydroxyl groups is 1. The third kappa shape index (κ3) is 3.53. The lowest BCUT2D eigenvalue weighted by molar-refractivity contribution is -0.129. The Morgan fingerprint density at radius 1 is 0.864 bits per heavy atom. The van der Waals surface area contributed by atoms with Crippen molar-refractivity contribution in [1.82, 2.24) is 10.6 Å². The largest absolute Gasteiger partial charge is 0.376 e. The average Bonchev–Trinajstić information content (AvgIpc) is 2.54. The van der Waals surface area contributed by atoms with Crippen molar-refractivity contribution in [2.75, 3.05) is 0 Å². The van der Waals surface area contributed by atoms with E-state index < -0.39 is 12.3 Å². The number of rotatable bonds is 4. The second-order valence-corrected chi connectivity index (χ2v) is 5.66. The summed E-state index contributed by atoms with van der Waals surface area (Å²) in [5.74, 6) is -0.0601. The lowest BCUT2D eigenvalue weighted by atomic mass is 9.98. The summed E-state index contributed by atoms with van der Waals surface area (Å²) in [6, 6.07) is 19.0. The van der Waals surface area contributed by atoms with Crippen molar-refractivity contribution in [1.29, 1.82) is 0 Å². The van der Waals surface area contributed by atoms with Crippen molar-refractivity contribution >= 4 is 5.91 Å². The van der Waals surface area contributed by atoms with Crippen molar-refractivity contribution in [2.45, 2.75) is 31.2 Å². The minimum absolute atomic E-state index is 0.0601. The monoisotopic (exact) mass is 296 g/mol. The lowest BCUT2D eigenvalue weighted by Gasteiger charge is -2.35. The van der Waals surface area contributed by atoms with Gasteiger partial charge in [0, 0.05) is 0 Å². The lowest BCUT2D eigenvalue weighted by Crippen LogP contribution is -2.65. The van der Waals surface area contributed by atoms with Gasteiger partial charge >= 0.3 is 0 Å². The van der Waals surface area contributed by atoms with Gasteiger partial charge in [-0.15, -0.1) is 0 Å². The maximum atomic E-state index is 12.3. The van der Waals surface area contributed by atoms with Crippen molar-refractivity contribution in [3.8, 4) is 0 Å². The van der Waals surface area contributed by atoms with Gasteiger partial charge in [0.15, 0.2) is 0 Å². The fourth-order valence-corrected chi connectivity index (χ4v) is 2.79. The third-order valence-corrected chi connectivity index (χ3v) is 3.98. The first kappa shape index (κ1) is 14.8. The van der Waals surface area contributed by atoms with E-state index in [2.05, 4.69) is 10.6 Å². The van der Waals surface area contributed by atoms with E-state index in [1.54, 1.807) is 0 Å². The van der Waals surface area contributed by atoms with Crippen molar-refractivity contribution < 1.29 is 9.90 Å². The summed E-state index contributed by atoms with van der Waals surface area (Å²) >= 11 is 0. The van der Waals surface area contributed by atoms with Crippen LogP contribution in [0.5, 0.6) is 0 Å². The maximum absolute atomic E-state index is 12.3. The number of hydrogen-bond acceptors (Lipinski definition) is 3. The Bertz CT molecular complexity index is 615. The highest BCUT2D eigenvalue weighted by Gasteiger charge is 2.33. The van der Waals surface area contributed by atoms with Gasteiger partial charge in [-0.2, -0.15) is 0 Å². The smallest absolute Gasteiger partial charge is 0.237 e. The predicted octanol–water partition coefficient (Wildman–Crippen LogP) is 1.25. The van der Waals surface area contributed by atoms with Gasteiger partial charge in [-0.05, 0) is 24.0 Å². The molecule has 4 heteroatoms. The second kappa shape index (κ2) is 6.73. The molecule has 1 heterocycles. The average molecular weight is 296 g/mol. The molecule has 3 rings (SSSR count). The number of carbonyl (C=O) groups is 1. The molecule has 4 nitrogen and oxygen atoms in total. The molecule has 3 atom stereocenters. The van der Waals surface area contributed by atoms with Crippen molar-refractivity contribution in [2.24, 2.45) is 0 Å². The zero-order chi connectivity index (χ0) is 15.4. The van der Waals surface area contributed by atoms with E-state index >= 15 is 0 Å². The van der Waals surface area contributed by atoms with Gasteiger partial charge in [0.05, 0.1) is 12.1 Å². The van der Waals surface area contributed by atoms with E-state index in [-0.39, 0.29) is 11.9 Å². The van der Waals surface area contributed by atoms with Gasteiger partial charge in [0.25, 0.3) is 0 Å². The molecular weight excluding hydrogens is 276 g/mol. The number of aliphatic hydroxyl groups excluding tert-OH is 1. The number of amides is 1. The summed E-state index contributed by atoms with van der Waals surface area (Å²) in [6.07, 6.45) is 0.437. The summed E-state index contributed by atoms with van der Waals surface area (Å²) in [6.45, 7) is 0. The Kier molecular flexibility index (Phi) is 4.51. The van der Waals surface area contributed by atoms with Crippen LogP contribution in [0.15, 0.2) is 60.7 Å². The molecule has 2 aromatic rings. The van der Waals surface area contributed by atoms with Crippen LogP contribution in [0.4, 0.5) is 0 Å². The molecule has 1 unspecified atom stereocenters. The van der Waals surface area contributed by atoms with Crippen LogP contribution < -0.4 is 10.6 Å². The molecule has 1 saturated heterocycles. The molecule has 22 heavy (non-hydrogen) atoms. The van der Waals surface area contributed by atoms with E-state index in [9.17, 15) is 9.90 Å². The minimum Gasteiger partial charge on any atom is -0.376 e. The third-order valence-electron chi connectivity index (χ3n) is 3.98. The van der Waals surface area contributed by atoms with Crippen molar-refractivity contribution in [3.63, 3.8) is 0 Å². The van der Waals surface area contributed by atoms with E-state index in [4.69, 9.17) is 0 Å². The van der Waals surface area contributed by atoms with Crippen LogP contribution in [0.3, 0.4) is 0 Å². The topological polar surface area (TPSA) is 61.4 Å². The van der Waals surface area contributed by atoms with Crippen LogP contribution in [0.25, 0.3) is 0 Å². The zero-order valence-electron chi connectivity index (χ0n) is 12.3. The molecule has 1 fully saturated rings. The molecule has 0 spiro atoms. The normalized spacial score (nSPS) is 24.8. The van der Waals surface area contributed by atoms with E-state index in [0.717, 1.165) is 11.1 Å². The predicted molar refractivity (Wildman–Crippen MR) is 85.2 cm³/mol. The standard InChI is InChI=1S/C18H20N2O2/c21-17-15(11-13-7-3-1-4-8-13)19-18(22)16(20-17)12-14-9-5-2-6-10-14/h1-10,15-17,20-21H,11-12H2,(H,19,22)/t15-,16-,17?/m0/s1. The molecule has 0 saturated carbocycles. The molecule has 1 amide bonds. The Morgan fingerprint density at radius 3 is 2.00 bits per heavy atom. The first-order valence-corrected chi connectivity index (χ1v) is 7.55. The number of benzene rings is 2. The molecule has 114 valence electrons. The fourth-order valence-electron chi connectivity index (χ4n) is 2.79. The number of piperazine rings is 1. The number of nitrogens with one attached hydrogen (secondary N) is 2. The minimum atomic E-state index is -0.744. The van der Waals surface area contributed by atoms with Crippen LogP contribution in [0.2, 0.25) is 0 Å². The van der Waals surface area contributed by atoms with Gasteiger partial charge < -0.3 is 10.4 Å². The molecule has 0 aliphatic carbocycles. The molecule has 1 aliphatic rings. The highest BCUT2D eigenvalue weighted by atomic mass is 16.3. The molecule has 0 bridgehead atoms. The van der Waals surface area contributed by atoms with Gasteiger partial charge in [-0.3, -0.25) is 10.1 Å². The fraction of sp³-hybridized carbons (Fsp3) is 0.278. The maximum Gasteiger partial charge on any atom is 0.237 e. The van der Waals surface area contributed by atoms with Crippen LogP contribution in [-0.4, -0.2) is 29.3 Å².